The lowest BCUT2D eigenvalue weighted by atomic mass is 10.0. The van der Waals surface area contributed by atoms with Crippen molar-refractivity contribution in [3.05, 3.63) is 42.0 Å². The van der Waals surface area contributed by atoms with Gasteiger partial charge in [-0.25, -0.2) is 4.98 Å². The third kappa shape index (κ3) is 2.71. The van der Waals surface area contributed by atoms with E-state index in [1.165, 1.54) is 0 Å². The molecule has 0 saturated heterocycles. The molecule has 0 aliphatic carbocycles. The highest BCUT2D eigenvalue weighted by Crippen LogP contribution is 2.35. The van der Waals surface area contributed by atoms with Gasteiger partial charge in [-0.05, 0) is 6.07 Å². The lowest BCUT2D eigenvalue weighted by Crippen LogP contribution is -2.08. The second kappa shape index (κ2) is 5.75. The Hall–Kier alpha value is -2.01. The van der Waals surface area contributed by atoms with Crippen molar-refractivity contribution < 1.29 is 14.6 Å². The SMILES string of the molecule is COc1cccc(C(O)Cc2nccn2C)c1OC. The maximum absolute atomic E-state index is 10.4. The molecule has 0 spiro atoms. The van der Waals surface area contributed by atoms with Gasteiger partial charge in [0.1, 0.15) is 5.82 Å². The van der Waals surface area contributed by atoms with Crippen molar-refractivity contribution in [2.45, 2.75) is 12.5 Å². The fourth-order valence-electron chi connectivity index (χ4n) is 2.05. The summed E-state index contributed by atoms with van der Waals surface area (Å²) in [6.07, 6.45) is 3.30. The zero-order chi connectivity index (χ0) is 13.8. The smallest absolute Gasteiger partial charge is 0.166 e. The summed E-state index contributed by atoms with van der Waals surface area (Å²) in [6.45, 7) is 0. The molecule has 1 N–H and O–H groups in total. The molecule has 0 bridgehead atoms. The number of benzene rings is 1. The quantitative estimate of drug-likeness (QED) is 0.891. The number of imidazole rings is 1. The Labute approximate surface area is 112 Å². The predicted molar refractivity (Wildman–Crippen MR) is 71.4 cm³/mol. The highest BCUT2D eigenvalue weighted by atomic mass is 16.5. The highest BCUT2D eigenvalue weighted by molar-refractivity contribution is 5.47. The predicted octanol–water partition coefficient (Wildman–Crippen LogP) is 1.71. The molecule has 5 nitrogen and oxygen atoms in total. The average molecular weight is 262 g/mol. The molecule has 0 aliphatic heterocycles. The first-order chi connectivity index (χ1) is 9.17. The molecule has 0 amide bonds. The maximum atomic E-state index is 10.4. The third-order valence-corrected chi connectivity index (χ3v) is 3.09. The Bertz CT molecular complexity index is 551. The molecule has 19 heavy (non-hydrogen) atoms. The Morgan fingerprint density at radius 3 is 2.68 bits per heavy atom. The fourth-order valence-corrected chi connectivity index (χ4v) is 2.05. The number of rotatable bonds is 5. The van der Waals surface area contributed by atoms with Gasteiger partial charge in [-0.15, -0.1) is 0 Å². The van der Waals surface area contributed by atoms with Crippen LogP contribution in [0.3, 0.4) is 0 Å². The van der Waals surface area contributed by atoms with E-state index in [0.29, 0.717) is 23.5 Å². The topological polar surface area (TPSA) is 56.5 Å². The number of para-hydroxylation sites is 1. The zero-order valence-corrected chi connectivity index (χ0v) is 11.3. The van der Waals surface area contributed by atoms with Crippen LogP contribution in [0.5, 0.6) is 11.5 Å². The summed E-state index contributed by atoms with van der Waals surface area (Å²) in [7, 11) is 5.04. The van der Waals surface area contributed by atoms with Gasteiger partial charge in [0, 0.05) is 31.4 Å². The minimum Gasteiger partial charge on any atom is -0.493 e. The average Bonchev–Trinajstić information content (AvgIpc) is 2.83. The van der Waals surface area contributed by atoms with E-state index in [0.717, 1.165) is 5.82 Å². The lowest BCUT2D eigenvalue weighted by molar-refractivity contribution is 0.169. The van der Waals surface area contributed by atoms with Crippen molar-refractivity contribution in [2.24, 2.45) is 7.05 Å². The standard InChI is InChI=1S/C14H18N2O3/c1-16-8-7-15-13(16)9-11(17)10-5-4-6-12(18-2)14(10)19-3/h4-8,11,17H,9H2,1-3H3. The van der Waals surface area contributed by atoms with Crippen LogP contribution in [0.15, 0.2) is 30.6 Å². The van der Waals surface area contributed by atoms with Crippen molar-refractivity contribution in [3.63, 3.8) is 0 Å². The van der Waals surface area contributed by atoms with Gasteiger partial charge in [-0.2, -0.15) is 0 Å². The van der Waals surface area contributed by atoms with Gasteiger partial charge in [0.05, 0.1) is 20.3 Å². The molecule has 1 aromatic heterocycles. The molecule has 2 aromatic rings. The summed E-state index contributed by atoms with van der Waals surface area (Å²) in [5.74, 6) is 1.99. The van der Waals surface area contributed by atoms with Crippen LogP contribution in [0.2, 0.25) is 0 Å². The number of aryl methyl sites for hydroxylation is 1. The van der Waals surface area contributed by atoms with E-state index in [1.54, 1.807) is 26.5 Å². The van der Waals surface area contributed by atoms with Crippen LogP contribution in [0.4, 0.5) is 0 Å². The van der Waals surface area contributed by atoms with Crippen molar-refractivity contribution in [3.8, 4) is 11.5 Å². The van der Waals surface area contributed by atoms with Crippen molar-refractivity contribution >= 4 is 0 Å². The molecule has 0 fully saturated rings. The molecule has 5 heteroatoms. The molecular formula is C14H18N2O3. The number of nitrogens with zero attached hydrogens (tertiary/aromatic N) is 2. The van der Waals surface area contributed by atoms with Crippen LogP contribution in [0.25, 0.3) is 0 Å². The molecule has 1 atom stereocenters. The largest absolute Gasteiger partial charge is 0.493 e. The van der Waals surface area contributed by atoms with E-state index >= 15 is 0 Å². The second-order valence-corrected chi connectivity index (χ2v) is 4.26. The van der Waals surface area contributed by atoms with Crippen LogP contribution in [0.1, 0.15) is 17.5 Å². The highest BCUT2D eigenvalue weighted by Gasteiger charge is 2.18. The monoisotopic (exact) mass is 262 g/mol. The molecule has 102 valence electrons. The third-order valence-electron chi connectivity index (χ3n) is 3.09. The van der Waals surface area contributed by atoms with Crippen molar-refractivity contribution in [1.82, 2.24) is 9.55 Å². The first-order valence-corrected chi connectivity index (χ1v) is 6.02. The summed E-state index contributed by atoms with van der Waals surface area (Å²) in [4.78, 5) is 4.21. The summed E-state index contributed by atoms with van der Waals surface area (Å²) >= 11 is 0. The molecule has 2 rings (SSSR count). The van der Waals surface area contributed by atoms with E-state index in [1.807, 2.05) is 29.9 Å². The van der Waals surface area contributed by atoms with Crippen LogP contribution in [-0.2, 0) is 13.5 Å². The lowest BCUT2D eigenvalue weighted by Gasteiger charge is -2.16. The van der Waals surface area contributed by atoms with E-state index in [-0.39, 0.29) is 0 Å². The normalized spacial score (nSPS) is 12.2. The van der Waals surface area contributed by atoms with Crippen molar-refractivity contribution in [2.75, 3.05) is 14.2 Å². The zero-order valence-electron chi connectivity index (χ0n) is 11.3. The Morgan fingerprint density at radius 1 is 1.32 bits per heavy atom. The summed E-state index contributed by atoms with van der Waals surface area (Å²) in [5, 5.41) is 10.4. The molecule has 0 radical (unpaired) electrons. The first kappa shape index (κ1) is 13.4. The number of methoxy groups -OCH3 is 2. The second-order valence-electron chi connectivity index (χ2n) is 4.26. The number of aliphatic hydroxyl groups is 1. The molecule has 1 heterocycles. The van der Waals surface area contributed by atoms with Gasteiger partial charge in [0.15, 0.2) is 11.5 Å². The molecule has 1 aromatic carbocycles. The van der Waals surface area contributed by atoms with Gasteiger partial charge in [0.25, 0.3) is 0 Å². The van der Waals surface area contributed by atoms with Gasteiger partial charge < -0.3 is 19.1 Å². The Morgan fingerprint density at radius 2 is 2.11 bits per heavy atom. The fraction of sp³-hybridized carbons (Fsp3) is 0.357. The van der Waals surface area contributed by atoms with Gasteiger partial charge in [0.2, 0.25) is 0 Å². The van der Waals surface area contributed by atoms with E-state index in [4.69, 9.17) is 9.47 Å². The summed E-state index contributed by atoms with van der Waals surface area (Å²) in [5.41, 5.74) is 0.699. The molecule has 0 aliphatic rings. The van der Waals surface area contributed by atoms with Crippen LogP contribution in [0, 0.1) is 0 Å². The molecule has 0 saturated carbocycles. The van der Waals surface area contributed by atoms with Gasteiger partial charge in [-0.1, -0.05) is 12.1 Å². The molecular weight excluding hydrogens is 244 g/mol. The van der Waals surface area contributed by atoms with E-state index < -0.39 is 6.10 Å². The van der Waals surface area contributed by atoms with E-state index in [9.17, 15) is 5.11 Å². The maximum Gasteiger partial charge on any atom is 0.166 e. The van der Waals surface area contributed by atoms with Gasteiger partial charge in [-0.3, -0.25) is 0 Å². The van der Waals surface area contributed by atoms with Gasteiger partial charge >= 0.3 is 0 Å². The summed E-state index contributed by atoms with van der Waals surface area (Å²) in [6, 6.07) is 5.46. The van der Waals surface area contributed by atoms with E-state index in [2.05, 4.69) is 4.98 Å². The van der Waals surface area contributed by atoms with Crippen LogP contribution in [-0.4, -0.2) is 28.9 Å². The Balaban J connectivity index is 2.28. The first-order valence-electron chi connectivity index (χ1n) is 6.02. The number of hydrogen-bond acceptors (Lipinski definition) is 4. The van der Waals surface area contributed by atoms with Crippen LogP contribution >= 0.6 is 0 Å². The summed E-state index contributed by atoms with van der Waals surface area (Å²) < 4.78 is 12.4. The number of aromatic nitrogens is 2. The number of hydrogen-bond donors (Lipinski definition) is 1. The minimum absolute atomic E-state index is 0.424. The molecule has 1 unspecified atom stereocenters. The minimum atomic E-state index is -0.689. The Kier molecular flexibility index (Phi) is 4.06. The number of ether oxygens (including phenoxy) is 2. The van der Waals surface area contributed by atoms with Crippen LogP contribution < -0.4 is 9.47 Å². The van der Waals surface area contributed by atoms with Crippen molar-refractivity contribution in [1.29, 1.82) is 0 Å². The number of aliphatic hydroxyl groups excluding tert-OH is 1.